The van der Waals surface area contributed by atoms with E-state index >= 15 is 0 Å². The number of aliphatic hydroxyl groups excluding tert-OH is 1. The van der Waals surface area contributed by atoms with Gasteiger partial charge in [-0.1, -0.05) is 69.4 Å². The van der Waals surface area contributed by atoms with Crippen LogP contribution >= 0.6 is 0 Å². The number of likely N-dealkylation sites (N-methyl/N-ethyl adjacent to an activating group) is 1. The van der Waals surface area contributed by atoms with Gasteiger partial charge in [0.1, 0.15) is 0 Å². The highest BCUT2D eigenvalue weighted by atomic mass is 16.3. The van der Waals surface area contributed by atoms with Crippen molar-refractivity contribution in [2.75, 3.05) is 7.05 Å². The van der Waals surface area contributed by atoms with Gasteiger partial charge in [0.15, 0.2) is 0 Å². The van der Waals surface area contributed by atoms with E-state index in [0.717, 1.165) is 37.7 Å². The maximum Gasteiger partial charge on any atom is 0.327 e. The summed E-state index contributed by atoms with van der Waals surface area (Å²) in [5, 5.41) is 11.1. The van der Waals surface area contributed by atoms with Crippen LogP contribution < -0.4 is 0 Å². The van der Waals surface area contributed by atoms with Crippen molar-refractivity contribution >= 4 is 11.9 Å². The molecule has 2 aliphatic rings. The SMILES string of the molecule is CCCCC(O)C1(C(=O)N2C(=O)N(C)[C@@H](C)C2c2ccccc2)CCCCC1. The van der Waals surface area contributed by atoms with E-state index in [1.54, 1.807) is 11.9 Å². The highest BCUT2D eigenvalue weighted by molar-refractivity contribution is 6.00. The summed E-state index contributed by atoms with van der Waals surface area (Å²) in [5.74, 6) is -0.175. The third-order valence-electron chi connectivity index (χ3n) is 6.85. The molecule has 1 aliphatic heterocycles. The maximum absolute atomic E-state index is 13.9. The van der Waals surface area contributed by atoms with Crippen LogP contribution in [0.5, 0.6) is 0 Å². The molecular formula is C23H34N2O3. The Balaban J connectivity index is 1.99. The third kappa shape index (κ3) is 3.57. The van der Waals surface area contributed by atoms with Gasteiger partial charge in [-0.05, 0) is 31.7 Å². The standard InChI is InChI=1S/C23H34N2O3/c1-4-5-14-19(26)23(15-10-7-11-16-23)21(27)25-20(17(2)24(3)22(25)28)18-12-8-6-9-13-18/h6,8-9,12-13,17,19-20,26H,4-5,7,10-11,14-16H2,1-3H3/t17-,19?,20?/m0/s1. The highest BCUT2D eigenvalue weighted by Gasteiger charge is 2.54. The Morgan fingerprint density at radius 1 is 1.21 bits per heavy atom. The summed E-state index contributed by atoms with van der Waals surface area (Å²) in [6.07, 6.45) is 6.08. The summed E-state index contributed by atoms with van der Waals surface area (Å²) in [5.41, 5.74) is 0.135. The molecule has 3 atom stereocenters. The summed E-state index contributed by atoms with van der Waals surface area (Å²) in [7, 11) is 1.76. The lowest BCUT2D eigenvalue weighted by Gasteiger charge is -2.42. The van der Waals surface area contributed by atoms with E-state index in [1.165, 1.54) is 4.90 Å². The van der Waals surface area contributed by atoms with Crippen LogP contribution in [0.15, 0.2) is 30.3 Å². The molecule has 1 aromatic carbocycles. The first-order valence-corrected chi connectivity index (χ1v) is 10.8. The molecule has 2 unspecified atom stereocenters. The summed E-state index contributed by atoms with van der Waals surface area (Å²) < 4.78 is 0. The highest BCUT2D eigenvalue weighted by Crippen LogP contribution is 2.46. The first-order valence-electron chi connectivity index (χ1n) is 10.8. The van der Waals surface area contributed by atoms with E-state index in [-0.39, 0.29) is 24.0 Å². The number of aliphatic hydroxyl groups is 1. The van der Waals surface area contributed by atoms with E-state index in [2.05, 4.69) is 6.92 Å². The van der Waals surface area contributed by atoms with E-state index in [4.69, 9.17) is 0 Å². The number of unbranched alkanes of at least 4 members (excludes halogenated alkanes) is 1. The third-order valence-corrected chi connectivity index (χ3v) is 6.85. The number of benzene rings is 1. The molecule has 0 spiro atoms. The van der Waals surface area contributed by atoms with Crippen LogP contribution in [0.2, 0.25) is 0 Å². The molecule has 3 rings (SSSR count). The molecule has 5 heteroatoms. The molecule has 0 bridgehead atoms. The number of amides is 3. The van der Waals surface area contributed by atoms with Crippen LogP contribution in [0, 0.1) is 5.41 Å². The van der Waals surface area contributed by atoms with Gasteiger partial charge in [-0.15, -0.1) is 0 Å². The van der Waals surface area contributed by atoms with E-state index in [0.29, 0.717) is 19.3 Å². The van der Waals surface area contributed by atoms with Crippen molar-refractivity contribution in [1.29, 1.82) is 0 Å². The second-order valence-electron chi connectivity index (χ2n) is 8.54. The smallest absolute Gasteiger partial charge is 0.327 e. The first-order chi connectivity index (χ1) is 13.4. The molecule has 1 aromatic rings. The zero-order chi connectivity index (χ0) is 20.3. The fraction of sp³-hybridized carbons (Fsp3) is 0.652. The van der Waals surface area contributed by atoms with E-state index in [9.17, 15) is 14.7 Å². The molecule has 3 amide bonds. The Labute approximate surface area is 168 Å². The lowest BCUT2D eigenvalue weighted by atomic mass is 9.67. The number of carbonyl (C=O) groups is 2. The Morgan fingerprint density at radius 2 is 1.86 bits per heavy atom. The summed E-state index contributed by atoms with van der Waals surface area (Å²) in [4.78, 5) is 30.2. The molecule has 1 heterocycles. The molecule has 0 radical (unpaired) electrons. The monoisotopic (exact) mass is 386 g/mol. The number of rotatable bonds is 6. The molecule has 1 saturated carbocycles. The Hall–Kier alpha value is -1.88. The largest absolute Gasteiger partial charge is 0.392 e. The average molecular weight is 387 g/mol. The van der Waals surface area contributed by atoms with Crippen molar-refractivity contribution < 1.29 is 14.7 Å². The van der Waals surface area contributed by atoms with E-state index in [1.807, 2.05) is 37.3 Å². The number of imide groups is 1. The van der Waals surface area contributed by atoms with Gasteiger partial charge in [-0.2, -0.15) is 0 Å². The van der Waals surface area contributed by atoms with Crippen LogP contribution in [0.4, 0.5) is 4.79 Å². The van der Waals surface area contributed by atoms with Gasteiger partial charge in [-0.25, -0.2) is 4.79 Å². The molecule has 1 N–H and O–H groups in total. The van der Waals surface area contributed by atoms with Crippen molar-refractivity contribution in [3.63, 3.8) is 0 Å². The molecular weight excluding hydrogens is 352 g/mol. The van der Waals surface area contributed by atoms with Gasteiger partial charge in [0.25, 0.3) is 0 Å². The van der Waals surface area contributed by atoms with Crippen LogP contribution in [0.1, 0.15) is 76.8 Å². The first kappa shape index (κ1) is 20.8. The minimum absolute atomic E-state index is 0.104. The summed E-state index contributed by atoms with van der Waals surface area (Å²) in [6.45, 7) is 4.08. The number of hydrogen-bond acceptors (Lipinski definition) is 3. The van der Waals surface area contributed by atoms with Crippen LogP contribution in [-0.4, -0.2) is 46.0 Å². The van der Waals surface area contributed by atoms with Crippen molar-refractivity contribution in [3.8, 4) is 0 Å². The number of nitrogens with zero attached hydrogens (tertiary/aromatic N) is 2. The molecule has 154 valence electrons. The second kappa shape index (κ2) is 8.64. The Morgan fingerprint density at radius 3 is 2.46 bits per heavy atom. The molecule has 28 heavy (non-hydrogen) atoms. The minimum Gasteiger partial charge on any atom is -0.392 e. The van der Waals surface area contributed by atoms with Crippen molar-refractivity contribution in [2.24, 2.45) is 5.41 Å². The lowest BCUT2D eigenvalue weighted by Crippen LogP contribution is -2.53. The molecule has 1 aliphatic carbocycles. The van der Waals surface area contributed by atoms with Gasteiger partial charge < -0.3 is 10.0 Å². The summed E-state index contributed by atoms with van der Waals surface area (Å²) >= 11 is 0. The van der Waals surface area contributed by atoms with Crippen molar-refractivity contribution in [3.05, 3.63) is 35.9 Å². The topological polar surface area (TPSA) is 60.9 Å². The van der Waals surface area contributed by atoms with E-state index < -0.39 is 11.5 Å². The zero-order valence-corrected chi connectivity index (χ0v) is 17.4. The fourth-order valence-electron chi connectivity index (χ4n) is 4.97. The van der Waals surface area contributed by atoms with Crippen LogP contribution in [-0.2, 0) is 4.79 Å². The number of urea groups is 1. The fourth-order valence-corrected chi connectivity index (χ4v) is 4.97. The van der Waals surface area contributed by atoms with Crippen molar-refractivity contribution in [1.82, 2.24) is 9.80 Å². The van der Waals surface area contributed by atoms with Gasteiger partial charge in [0.2, 0.25) is 5.91 Å². The molecule has 0 aromatic heterocycles. The Bertz CT molecular complexity index is 684. The van der Waals surface area contributed by atoms with Crippen molar-refractivity contribution in [2.45, 2.75) is 83.4 Å². The molecule has 5 nitrogen and oxygen atoms in total. The minimum atomic E-state index is -0.832. The Kier molecular flexibility index (Phi) is 6.43. The van der Waals surface area contributed by atoms with Gasteiger partial charge in [0.05, 0.1) is 23.6 Å². The summed E-state index contributed by atoms with van der Waals surface area (Å²) in [6, 6.07) is 9.12. The van der Waals surface area contributed by atoms with Gasteiger partial charge in [-0.3, -0.25) is 9.69 Å². The maximum atomic E-state index is 13.9. The van der Waals surface area contributed by atoms with Gasteiger partial charge in [0, 0.05) is 7.05 Å². The molecule has 1 saturated heterocycles. The number of hydrogen-bond donors (Lipinski definition) is 1. The van der Waals surface area contributed by atoms with Gasteiger partial charge >= 0.3 is 6.03 Å². The predicted octanol–water partition coefficient (Wildman–Crippen LogP) is 4.51. The normalized spacial score (nSPS) is 25.8. The number of carbonyl (C=O) groups excluding carboxylic acids is 2. The predicted molar refractivity (Wildman–Crippen MR) is 110 cm³/mol. The average Bonchev–Trinajstić information content (AvgIpc) is 2.96. The molecule has 2 fully saturated rings. The zero-order valence-electron chi connectivity index (χ0n) is 17.4. The second-order valence-corrected chi connectivity index (χ2v) is 8.54. The lowest BCUT2D eigenvalue weighted by molar-refractivity contribution is -0.151. The van der Waals surface area contributed by atoms with Crippen LogP contribution in [0.3, 0.4) is 0 Å². The van der Waals surface area contributed by atoms with Crippen LogP contribution in [0.25, 0.3) is 0 Å². The quantitative estimate of drug-likeness (QED) is 0.782.